The summed E-state index contributed by atoms with van der Waals surface area (Å²) in [6, 6.07) is 10.5. The quantitative estimate of drug-likeness (QED) is 0.365. The van der Waals surface area contributed by atoms with E-state index in [-0.39, 0.29) is 17.7 Å². The van der Waals surface area contributed by atoms with Gasteiger partial charge in [-0.25, -0.2) is 0 Å². The fraction of sp³-hybridized carbons (Fsp3) is 0.560. The van der Waals surface area contributed by atoms with Crippen molar-refractivity contribution in [3.8, 4) is 0 Å². The number of carbonyl (C=O) groups is 1. The molecule has 1 aliphatic carbocycles. The highest BCUT2D eigenvalue weighted by Crippen LogP contribution is 2.36. The highest BCUT2D eigenvalue weighted by Gasteiger charge is 2.39. The number of hydrogen-bond donors (Lipinski definition) is 3. The molecule has 3 N–H and O–H groups in total. The molecule has 1 aromatic rings. The first-order valence-electron chi connectivity index (χ1n) is 11.1. The van der Waals surface area contributed by atoms with E-state index in [1.165, 1.54) is 5.56 Å². The van der Waals surface area contributed by atoms with Crippen LogP contribution >= 0.6 is 0 Å². The van der Waals surface area contributed by atoms with Crippen LogP contribution in [0.5, 0.6) is 0 Å². The molecular weight excluding hydrogens is 362 g/mol. The maximum atomic E-state index is 11.4. The molecule has 0 heterocycles. The fourth-order valence-corrected chi connectivity index (χ4v) is 4.07. The molecule has 160 valence electrons. The molecule has 2 rings (SSSR count). The third-order valence-electron chi connectivity index (χ3n) is 5.68. The molecule has 0 aromatic heterocycles. The molecule has 1 fully saturated rings. The number of rotatable bonds is 12. The number of aryl methyl sites for hydroxylation is 1. The van der Waals surface area contributed by atoms with Crippen molar-refractivity contribution in [3.05, 3.63) is 60.2 Å². The molecule has 1 amide bonds. The Kier molecular flexibility index (Phi) is 10.7. The predicted octanol–water partition coefficient (Wildman–Crippen LogP) is 4.18. The van der Waals surface area contributed by atoms with Gasteiger partial charge >= 0.3 is 0 Å². The normalized spacial score (nSPS) is 24.5. The average molecular weight is 400 g/mol. The minimum absolute atomic E-state index is 0.0155. The molecule has 29 heavy (non-hydrogen) atoms. The van der Waals surface area contributed by atoms with E-state index in [1.54, 1.807) is 0 Å². The van der Waals surface area contributed by atoms with Crippen molar-refractivity contribution >= 4 is 5.91 Å². The van der Waals surface area contributed by atoms with Crippen LogP contribution in [-0.2, 0) is 11.2 Å². The van der Waals surface area contributed by atoms with Gasteiger partial charge in [0.15, 0.2) is 0 Å². The van der Waals surface area contributed by atoms with Crippen molar-refractivity contribution in [1.82, 2.24) is 5.32 Å². The Morgan fingerprint density at radius 3 is 2.59 bits per heavy atom. The van der Waals surface area contributed by atoms with Gasteiger partial charge in [-0.3, -0.25) is 4.79 Å². The van der Waals surface area contributed by atoms with E-state index in [0.29, 0.717) is 19.4 Å². The number of aliphatic hydroxyl groups is 2. The first-order valence-corrected chi connectivity index (χ1v) is 11.1. The molecule has 2 unspecified atom stereocenters. The zero-order chi connectivity index (χ0) is 20.9. The molecule has 0 bridgehead atoms. The second-order valence-electron chi connectivity index (χ2n) is 7.97. The first kappa shape index (κ1) is 23.4. The first-order chi connectivity index (χ1) is 14.1. The average Bonchev–Trinajstić information content (AvgIpc) is 2.98. The fourth-order valence-electron chi connectivity index (χ4n) is 4.07. The third kappa shape index (κ3) is 8.55. The van der Waals surface area contributed by atoms with Crippen molar-refractivity contribution in [3.63, 3.8) is 0 Å². The minimum atomic E-state index is -0.466. The van der Waals surface area contributed by atoms with Crippen molar-refractivity contribution in [1.29, 1.82) is 0 Å². The van der Waals surface area contributed by atoms with Gasteiger partial charge in [-0.15, -0.1) is 0 Å². The van der Waals surface area contributed by atoms with Crippen LogP contribution in [0.3, 0.4) is 0 Å². The number of amides is 1. The van der Waals surface area contributed by atoms with Gasteiger partial charge in [0, 0.05) is 25.3 Å². The van der Waals surface area contributed by atoms with E-state index < -0.39 is 12.2 Å². The second-order valence-corrected chi connectivity index (χ2v) is 7.97. The van der Waals surface area contributed by atoms with E-state index >= 15 is 0 Å². The molecule has 4 heteroatoms. The Hall–Kier alpha value is -1.91. The maximum absolute atomic E-state index is 11.4. The highest BCUT2D eigenvalue weighted by atomic mass is 16.3. The Bertz CT molecular complexity index is 641. The van der Waals surface area contributed by atoms with E-state index in [4.69, 9.17) is 0 Å². The van der Waals surface area contributed by atoms with Crippen LogP contribution < -0.4 is 5.32 Å². The van der Waals surface area contributed by atoms with E-state index in [2.05, 4.69) is 53.9 Å². The summed E-state index contributed by atoms with van der Waals surface area (Å²) in [7, 11) is 0. The number of carbonyl (C=O) groups excluding carboxylic acids is 1. The molecule has 0 radical (unpaired) electrons. The van der Waals surface area contributed by atoms with Crippen LogP contribution in [0.2, 0.25) is 0 Å². The van der Waals surface area contributed by atoms with Gasteiger partial charge in [0.25, 0.3) is 0 Å². The van der Waals surface area contributed by atoms with Crippen LogP contribution in [0.15, 0.2) is 54.6 Å². The summed E-state index contributed by atoms with van der Waals surface area (Å²) < 4.78 is 0. The van der Waals surface area contributed by atoms with Gasteiger partial charge < -0.3 is 15.5 Å². The van der Waals surface area contributed by atoms with Crippen LogP contribution in [-0.4, -0.2) is 34.9 Å². The van der Waals surface area contributed by atoms with Gasteiger partial charge in [0.2, 0.25) is 5.91 Å². The van der Waals surface area contributed by atoms with Crippen molar-refractivity contribution in [2.24, 2.45) is 11.8 Å². The Balaban J connectivity index is 1.71. The zero-order valence-corrected chi connectivity index (χ0v) is 17.7. The molecule has 1 aliphatic rings. The van der Waals surface area contributed by atoms with Crippen molar-refractivity contribution in [2.75, 3.05) is 6.54 Å². The summed E-state index contributed by atoms with van der Waals surface area (Å²) in [5, 5.41) is 23.5. The molecule has 0 aliphatic heterocycles. The van der Waals surface area contributed by atoms with Crippen LogP contribution in [0.4, 0.5) is 0 Å². The summed E-state index contributed by atoms with van der Waals surface area (Å²) in [5.41, 5.74) is 1.35. The van der Waals surface area contributed by atoms with E-state index in [1.807, 2.05) is 13.0 Å². The third-order valence-corrected chi connectivity index (χ3v) is 5.68. The van der Waals surface area contributed by atoms with Gasteiger partial charge in [-0.05, 0) is 56.9 Å². The lowest BCUT2D eigenvalue weighted by atomic mass is 9.89. The number of aliphatic hydroxyl groups excluding tert-OH is 2. The summed E-state index contributed by atoms with van der Waals surface area (Å²) >= 11 is 0. The molecular formula is C25H37NO3. The second kappa shape index (κ2) is 13.3. The summed E-state index contributed by atoms with van der Waals surface area (Å²) in [6.45, 7) is 2.60. The van der Waals surface area contributed by atoms with Crippen LogP contribution in [0, 0.1) is 11.8 Å². The Morgan fingerprint density at radius 2 is 1.83 bits per heavy atom. The standard InChI is InChI=1S/C25H37NO3/c1-2-26-25(29)18-12-4-3-10-16-21-22(24(28)19-23(21)27)17-11-6-9-15-20-13-7-5-8-14-20/h3,5,7-8,10-11,13-14,17,21-24,27-28H,2,4,6,9,12,15-16,18-19H2,1H3,(H,26,29)/b10-3-,17-11+/t21-,22-,23?,24?/m1/s1. The lowest BCUT2D eigenvalue weighted by Gasteiger charge is -2.19. The molecule has 1 aromatic carbocycles. The number of unbranched alkanes of at least 4 members (excludes halogenated alkanes) is 2. The van der Waals surface area contributed by atoms with Crippen molar-refractivity contribution in [2.45, 2.75) is 70.5 Å². The summed E-state index contributed by atoms with van der Waals surface area (Å²) in [6.07, 6.45) is 14.1. The molecule has 1 saturated carbocycles. The topological polar surface area (TPSA) is 69.6 Å². The predicted molar refractivity (Wildman–Crippen MR) is 118 cm³/mol. The number of nitrogens with one attached hydrogen (secondary N) is 1. The zero-order valence-electron chi connectivity index (χ0n) is 17.7. The van der Waals surface area contributed by atoms with Gasteiger partial charge in [-0.1, -0.05) is 54.6 Å². The Morgan fingerprint density at radius 1 is 1.07 bits per heavy atom. The van der Waals surface area contributed by atoms with Gasteiger partial charge in [-0.2, -0.15) is 0 Å². The van der Waals surface area contributed by atoms with E-state index in [0.717, 1.165) is 38.5 Å². The largest absolute Gasteiger partial charge is 0.393 e. The maximum Gasteiger partial charge on any atom is 0.219 e. The van der Waals surface area contributed by atoms with Crippen LogP contribution in [0.1, 0.15) is 57.4 Å². The molecule has 4 atom stereocenters. The van der Waals surface area contributed by atoms with Gasteiger partial charge in [0.05, 0.1) is 12.2 Å². The number of hydrogen-bond acceptors (Lipinski definition) is 3. The van der Waals surface area contributed by atoms with Gasteiger partial charge in [0.1, 0.15) is 0 Å². The SMILES string of the molecule is CCNC(=O)CCC/C=C\C[C@H]1C(O)CC(O)[C@@H]1/C=C/CCCc1ccccc1. The highest BCUT2D eigenvalue weighted by molar-refractivity contribution is 5.75. The lowest BCUT2D eigenvalue weighted by molar-refractivity contribution is -0.121. The monoisotopic (exact) mass is 399 g/mol. The smallest absolute Gasteiger partial charge is 0.219 e. The Labute approximate surface area is 175 Å². The molecule has 0 saturated heterocycles. The summed E-state index contributed by atoms with van der Waals surface area (Å²) in [5.74, 6) is 0.185. The summed E-state index contributed by atoms with van der Waals surface area (Å²) in [4.78, 5) is 11.4. The van der Waals surface area contributed by atoms with Crippen molar-refractivity contribution < 1.29 is 15.0 Å². The minimum Gasteiger partial charge on any atom is -0.393 e. The lowest BCUT2D eigenvalue weighted by Crippen LogP contribution is -2.21. The van der Waals surface area contributed by atoms with Crippen LogP contribution in [0.25, 0.3) is 0 Å². The van der Waals surface area contributed by atoms with E-state index in [9.17, 15) is 15.0 Å². The number of benzene rings is 1. The molecule has 0 spiro atoms. The number of allylic oxidation sites excluding steroid dienone is 3. The molecule has 4 nitrogen and oxygen atoms in total.